The molecule has 1 aromatic carbocycles. The first-order valence-electron chi connectivity index (χ1n) is 14.8. The molecule has 14 nitrogen and oxygen atoms in total. The summed E-state index contributed by atoms with van der Waals surface area (Å²) in [5.74, 6) is -0.936. The van der Waals surface area contributed by atoms with Crippen molar-refractivity contribution in [2.24, 2.45) is 5.92 Å². The van der Waals surface area contributed by atoms with E-state index in [-0.39, 0.29) is 24.9 Å². The highest BCUT2D eigenvalue weighted by Crippen LogP contribution is 2.46. The summed E-state index contributed by atoms with van der Waals surface area (Å²) < 4.78 is 45.2. The van der Waals surface area contributed by atoms with Crippen molar-refractivity contribution in [3.05, 3.63) is 54.5 Å². The second-order valence-electron chi connectivity index (χ2n) is 11.7. The molecule has 2 aromatic heterocycles. The van der Waals surface area contributed by atoms with Crippen LogP contribution in [0, 0.1) is 5.92 Å². The molecule has 1 unspecified atom stereocenters. The normalized spacial score (nSPS) is 19.5. The Balaban J connectivity index is 1.58. The summed E-state index contributed by atoms with van der Waals surface area (Å²) in [7, 11) is -0.865. The Bertz CT molecular complexity index is 1500. The van der Waals surface area contributed by atoms with E-state index in [0.29, 0.717) is 30.0 Å². The van der Waals surface area contributed by atoms with Gasteiger partial charge in [-0.3, -0.25) is 14.1 Å². The van der Waals surface area contributed by atoms with Gasteiger partial charge in [0.2, 0.25) is 0 Å². The van der Waals surface area contributed by atoms with E-state index < -0.39 is 43.3 Å². The fourth-order valence-corrected chi connectivity index (χ4v) is 6.35. The van der Waals surface area contributed by atoms with Crippen molar-refractivity contribution >= 4 is 31.0 Å². The number of likely N-dealkylation sites (tertiary alicyclic amines) is 1. The molecule has 0 saturated carbocycles. The molecule has 5 atom stereocenters. The minimum absolute atomic E-state index is 0.145. The van der Waals surface area contributed by atoms with Crippen molar-refractivity contribution in [3.63, 3.8) is 0 Å². The molecule has 1 aliphatic rings. The second-order valence-corrected chi connectivity index (χ2v) is 13.4. The van der Waals surface area contributed by atoms with Gasteiger partial charge in [-0.15, -0.1) is 0 Å². The molecule has 0 aliphatic carbocycles. The monoisotopic (exact) mass is 646 g/mol. The average Bonchev–Trinajstić information content (AvgIpc) is 3.62. The van der Waals surface area contributed by atoms with E-state index in [2.05, 4.69) is 20.1 Å². The summed E-state index contributed by atoms with van der Waals surface area (Å²) in [5, 5.41) is 7.01. The van der Waals surface area contributed by atoms with Crippen molar-refractivity contribution in [1.82, 2.24) is 24.6 Å². The highest BCUT2D eigenvalue weighted by molar-refractivity contribution is 7.52. The van der Waals surface area contributed by atoms with Gasteiger partial charge in [-0.05, 0) is 51.6 Å². The third-order valence-corrected chi connectivity index (χ3v) is 9.28. The Morgan fingerprint density at radius 1 is 1.16 bits per heavy atom. The lowest BCUT2D eigenvalue weighted by Gasteiger charge is -2.37. The molecule has 0 radical (unpaired) electrons. The van der Waals surface area contributed by atoms with Crippen molar-refractivity contribution in [2.45, 2.75) is 64.4 Å². The quantitative estimate of drug-likeness (QED) is 0.182. The van der Waals surface area contributed by atoms with Gasteiger partial charge < -0.3 is 29.4 Å². The van der Waals surface area contributed by atoms with Gasteiger partial charge in [-0.1, -0.05) is 32.0 Å². The van der Waals surface area contributed by atoms with E-state index in [1.54, 1.807) is 67.8 Å². The molecule has 3 heterocycles. The van der Waals surface area contributed by atoms with Crippen LogP contribution in [0.4, 0.5) is 5.82 Å². The van der Waals surface area contributed by atoms with E-state index in [9.17, 15) is 14.2 Å². The minimum atomic E-state index is -4.25. The molecule has 0 bridgehead atoms. The average molecular weight is 647 g/mol. The van der Waals surface area contributed by atoms with E-state index >= 15 is 0 Å². The predicted molar refractivity (Wildman–Crippen MR) is 166 cm³/mol. The van der Waals surface area contributed by atoms with Crippen LogP contribution in [0.3, 0.4) is 0 Å². The molecule has 1 fully saturated rings. The van der Waals surface area contributed by atoms with Gasteiger partial charge in [0, 0.05) is 32.3 Å². The fraction of sp³-hybridized carbons (Fsp3) is 0.533. The number of likely N-dealkylation sites (N-methyl/N-ethyl adjacent to an activating group) is 1. The van der Waals surface area contributed by atoms with Crippen LogP contribution in [-0.4, -0.2) is 89.1 Å². The zero-order valence-corrected chi connectivity index (χ0v) is 27.4. The number of nitrogens with zero attached hydrogens (tertiary/aromatic N) is 4. The number of nitrogens with one attached hydrogen (secondary N) is 1. The zero-order chi connectivity index (χ0) is 32.8. The summed E-state index contributed by atoms with van der Waals surface area (Å²) in [6, 6.07) is 11.0. The number of carbonyl (C=O) groups excluding carboxylic acids is 2. The first kappa shape index (κ1) is 34.3. The van der Waals surface area contributed by atoms with E-state index in [0.717, 1.165) is 6.54 Å². The van der Waals surface area contributed by atoms with Crippen LogP contribution in [0.2, 0.25) is 0 Å². The van der Waals surface area contributed by atoms with Gasteiger partial charge in [0.1, 0.15) is 41.4 Å². The molecular weight excluding hydrogens is 603 g/mol. The van der Waals surface area contributed by atoms with Crippen LogP contribution < -0.4 is 15.3 Å². The number of nitrogens with two attached hydrogens (primary N) is 1. The number of hydrogen-bond acceptors (Lipinski definition) is 12. The summed E-state index contributed by atoms with van der Waals surface area (Å²) in [5.41, 5.74) is 5.93. The van der Waals surface area contributed by atoms with Gasteiger partial charge in [0.25, 0.3) is 0 Å². The topological polar surface area (TPSA) is 169 Å². The molecule has 1 saturated heterocycles. The van der Waals surface area contributed by atoms with Gasteiger partial charge in [-0.2, -0.15) is 10.2 Å². The van der Waals surface area contributed by atoms with Crippen LogP contribution in [0.1, 0.15) is 39.8 Å². The summed E-state index contributed by atoms with van der Waals surface area (Å²) in [6.07, 6.45) is 0.994. The third kappa shape index (κ3) is 8.80. The molecule has 3 aromatic rings. The summed E-state index contributed by atoms with van der Waals surface area (Å²) in [6.45, 7) is 7.71. The SMILES string of the molecule is CO[C@](C)(COP(=O)(N[C@@H](C)C(=O)O[C@@H]1CCN(C)C1)Oc1ccccc1)[C@H](Cc1ccc2c(N)ncnn12)OC(=O)C(C)C. The Hall–Kier alpha value is -3.55. The van der Waals surface area contributed by atoms with Crippen LogP contribution >= 0.6 is 7.75 Å². The molecular formula is C30H43N6O8P. The first-order valence-corrected chi connectivity index (χ1v) is 16.4. The Morgan fingerprint density at radius 3 is 2.53 bits per heavy atom. The number of fused-ring (bicyclic) bond motifs is 1. The van der Waals surface area contributed by atoms with Crippen molar-refractivity contribution in [1.29, 1.82) is 0 Å². The number of carbonyl (C=O) groups is 2. The van der Waals surface area contributed by atoms with Crippen molar-refractivity contribution < 1.29 is 37.4 Å². The number of anilines is 1. The van der Waals surface area contributed by atoms with Gasteiger partial charge >= 0.3 is 19.7 Å². The number of ether oxygens (including phenoxy) is 3. The molecule has 246 valence electrons. The second kappa shape index (κ2) is 14.7. The molecule has 45 heavy (non-hydrogen) atoms. The number of para-hydroxylation sites is 1. The van der Waals surface area contributed by atoms with E-state index in [1.165, 1.54) is 20.4 Å². The number of methoxy groups -OCH3 is 1. The fourth-order valence-electron chi connectivity index (χ4n) is 4.76. The summed E-state index contributed by atoms with van der Waals surface area (Å²) in [4.78, 5) is 31.9. The Labute approximate surface area is 263 Å². The largest absolute Gasteiger partial charge is 0.460 e. The number of esters is 2. The maximum atomic E-state index is 14.3. The lowest BCUT2D eigenvalue weighted by Crippen LogP contribution is -2.50. The highest BCUT2D eigenvalue weighted by atomic mass is 31.2. The number of nitrogen functional groups attached to an aromatic ring is 1. The Morgan fingerprint density at radius 2 is 1.89 bits per heavy atom. The first-order chi connectivity index (χ1) is 21.3. The van der Waals surface area contributed by atoms with Crippen LogP contribution in [0.15, 0.2) is 48.8 Å². The predicted octanol–water partition coefficient (Wildman–Crippen LogP) is 3.26. The number of hydrogen-bond donors (Lipinski definition) is 2. The Kier molecular flexibility index (Phi) is 11.2. The number of aromatic nitrogens is 3. The lowest BCUT2D eigenvalue weighted by atomic mass is 9.95. The summed E-state index contributed by atoms with van der Waals surface area (Å²) >= 11 is 0. The molecule has 0 amide bonds. The van der Waals surface area contributed by atoms with Crippen molar-refractivity contribution in [3.8, 4) is 5.75 Å². The molecule has 1 aliphatic heterocycles. The standard InChI is InChI=1S/C30H43N6O8P/c1-20(2)28(37)43-26(16-22-12-13-25-27(31)32-19-33-36(22)25)30(4,40-6)18-41-45(39,44-23-10-8-7-9-11-23)34-21(3)29(38)42-24-14-15-35(5)17-24/h7-13,19-21,24,26H,14-18H2,1-6H3,(H,34,39)(H2,31,32,33)/t21-,24+,26-,30+,45?/m0/s1. The lowest BCUT2D eigenvalue weighted by molar-refractivity contribution is -0.175. The smallest absolute Gasteiger partial charge is 0.459 e. The molecule has 0 spiro atoms. The van der Waals surface area contributed by atoms with Gasteiger partial charge in [-0.25, -0.2) is 14.1 Å². The molecule has 4 rings (SSSR count). The third-order valence-electron chi connectivity index (χ3n) is 7.66. The number of rotatable bonds is 15. The molecule has 3 N–H and O–H groups in total. The van der Waals surface area contributed by atoms with Crippen LogP contribution in [0.25, 0.3) is 5.52 Å². The van der Waals surface area contributed by atoms with Gasteiger partial charge in [0.05, 0.1) is 12.5 Å². The molecule has 15 heteroatoms. The maximum absolute atomic E-state index is 14.3. The van der Waals surface area contributed by atoms with Gasteiger partial charge in [0.15, 0.2) is 5.82 Å². The van der Waals surface area contributed by atoms with Crippen LogP contribution in [0.5, 0.6) is 5.75 Å². The maximum Gasteiger partial charge on any atom is 0.459 e. The minimum Gasteiger partial charge on any atom is -0.460 e. The zero-order valence-electron chi connectivity index (χ0n) is 26.5. The van der Waals surface area contributed by atoms with Crippen molar-refractivity contribution in [2.75, 3.05) is 39.6 Å². The van der Waals surface area contributed by atoms with Crippen LogP contribution in [-0.2, 0) is 39.3 Å². The highest BCUT2D eigenvalue weighted by Gasteiger charge is 2.43. The number of benzene rings is 1. The van der Waals surface area contributed by atoms with E-state index in [1.807, 2.05) is 7.05 Å². The van der Waals surface area contributed by atoms with E-state index in [4.69, 9.17) is 29.0 Å².